The van der Waals surface area contributed by atoms with Crippen LogP contribution in [0.25, 0.3) is 22.4 Å². The van der Waals surface area contributed by atoms with E-state index in [1.165, 1.54) is 0 Å². The van der Waals surface area contributed by atoms with Gasteiger partial charge < -0.3 is 9.84 Å². The lowest BCUT2D eigenvalue weighted by atomic mass is 10.0. The highest BCUT2D eigenvalue weighted by Gasteiger charge is 2.11. The predicted molar refractivity (Wildman–Crippen MR) is 112 cm³/mol. The highest BCUT2D eigenvalue weighted by molar-refractivity contribution is 9.11. The monoisotopic (exact) mass is 485 g/mol. The van der Waals surface area contributed by atoms with E-state index in [0.29, 0.717) is 20.3 Å². The maximum absolute atomic E-state index is 10.7. The Bertz CT molecular complexity index is 1080. The number of carboxylic acids is 1. The van der Waals surface area contributed by atoms with Crippen molar-refractivity contribution in [1.29, 1.82) is 5.26 Å². The van der Waals surface area contributed by atoms with Crippen LogP contribution < -0.4 is 4.74 Å². The van der Waals surface area contributed by atoms with E-state index in [0.717, 1.165) is 21.9 Å². The van der Waals surface area contributed by atoms with E-state index >= 15 is 0 Å². The second kappa shape index (κ2) is 8.38. The van der Waals surface area contributed by atoms with Crippen molar-refractivity contribution in [3.8, 4) is 11.8 Å². The minimum Gasteiger partial charge on any atom is -0.480 e. The Morgan fingerprint density at radius 1 is 1.07 bits per heavy atom. The molecule has 0 fully saturated rings. The fourth-order valence-corrected chi connectivity index (χ4v) is 4.09. The number of hydrogen-bond donors (Lipinski definition) is 1. The Morgan fingerprint density at radius 2 is 1.74 bits per heavy atom. The SMILES string of the molecule is N#C/C(=C/c1cc(Br)c(OCC(=O)O)c(Br)c1)c1ccc2ccccc2c1. The lowest BCUT2D eigenvalue weighted by molar-refractivity contribution is -0.139. The normalized spacial score (nSPS) is 11.2. The second-order valence-corrected chi connectivity index (χ2v) is 7.44. The van der Waals surface area contributed by atoms with Gasteiger partial charge in [-0.3, -0.25) is 0 Å². The molecule has 0 saturated carbocycles. The Kier molecular flexibility index (Phi) is 5.94. The van der Waals surface area contributed by atoms with Gasteiger partial charge in [-0.2, -0.15) is 5.26 Å². The Morgan fingerprint density at radius 3 is 2.37 bits per heavy atom. The van der Waals surface area contributed by atoms with Crippen molar-refractivity contribution < 1.29 is 14.6 Å². The standard InChI is InChI=1S/C21H13Br2NO3/c22-18-8-13(9-19(23)21(18)27-12-20(25)26)7-17(11-24)16-6-5-14-3-1-2-4-15(14)10-16/h1-10H,12H2,(H,25,26)/b17-7-. The Balaban J connectivity index is 1.97. The van der Waals surface area contributed by atoms with Crippen molar-refractivity contribution in [3.05, 3.63) is 74.7 Å². The summed E-state index contributed by atoms with van der Waals surface area (Å²) in [5, 5.41) is 20.6. The summed E-state index contributed by atoms with van der Waals surface area (Å²) in [5.74, 6) is -0.653. The number of aliphatic carboxylic acids is 1. The van der Waals surface area contributed by atoms with Crippen LogP contribution in [-0.4, -0.2) is 17.7 Å². The summed E-state index contributed by atoms with van der Waals surface area (Å²) in [7, 11) is 0. The van der Waals surface area contributed by atoms with Crippen LogP contribution in [0.5, 0.6) is 5.75 Å². The van der Waals surface area contributed by atoms with Gasteiger partial charge >= 0.3 is 5.97 Å². The molecule has 3 rings (SSSR count). The van der Waals surface area contributed by atoms with Crippen LogP contribution in [0, 0.1) is 11.3 Å². The number of nitriles is 1. The fourth-order valence-electron chi connectivity index (χ4n) is 2.64. The number of nitrogens with zero attached hydrogens (tertiary/aromatic N) is 1. The summed E-state index contributed by atoms with van der Waals surface area (Å²) < 4.78 is 6.46. The minimum absolute atomic E-state index is 0.402. The van der Waals surface area contributed by atoms with Gasteiger partial charge in [0.2, 0.25) is 0 Å². The molecule has 3 aromatic carbocycles. The minimum atomic E-state index is -1.05. The van der Waals surface area contributed by atoms with Gasteiger partial charge in [-0.25, -0.2) is 4.79 Å². The van der Waals surface area contributed by atoms with Gasteiger partial charge in [-0.1, -0.05) is 36.4 Å². The number of fused-ring (bicyclic) bond motifs is 1. The van der Waals surface area contributed by atoms with Crippen molar-refractivity contribution >= 4 is 60.3 Å². The van der Waals surface area contributed by atoms with E-state index in [-0.39, 0.29) is 0 Å². The summed E-state index contributed by atoms with van der Waals surface area (Å²) in [4.78, 5) is 10.7. The van der Waals surface area contributed by atoms with Crippen molar-refractivity contribution in [3.63, 3.8) is 0 Å². The number of carboxylic acid groups (broad SMARTS) is 1. The van der Waals surface area contributed by atoms with Crippen molar-refractivity contribution in [2.24, 2.45) is 0 Å². The highest BCUT2D eigenvalue weighted by Crippen LogP contribution is 2.36. The third-order valence-electron chi connectivity index (χ3n) is 3.85. The van der Waals surface area contributed by atoms with Gasteiger partial charge in [0.05, 0.1) is 20.6 Å². The molecule has 134 valence electrons. The predicted octanol–water partition coefficient (Wildman–Crippen LogP) is 5.89. The number of carbonyl (C=O) groups is 1. The molecule has 0 saturated heterocycles. The topological polar surface area (TPSA) is 70.3 Å². The lowest BCUT2D eigenvalue weighted by Gasteiger charge is -2.10. The zero-order chi connectivity index (χ0) is 19.4. The molecular formula is C21H13Br2NO3. The highest BCUT2D eigenvalue weighted by atomic mass is 79.9. The maximum Gasteiger partial charge on any atom is 0.341 e. The molecule has 1 N–H and O–H groups in total. The summed E-state index contributed by atoms with van der Waals surface area (Å²) in [5.41, 5.74) is 2.13. The summed E-state index contributed by atoms with van der Waals surface area (Å²) >= 11 is 6.78. The van der Waals surface area contributed by atoms with Gasteiger partial charge in [0.25, 0.3) is 0 Å². The third-order valence-corrected chi connectivity index (χ3v) is 5.03. The molecule has 0 unspecified atom stereocenters. The number of ether oxygens (including phenoxy) is 1. The summed E-state index contributed by atoms with van der Waals surface area (Å²) in [6, 6.07) is 19.7. The van der Waals surface area contributed by atoms with Gasteiger partial charge in [-0.15, -0.1) is 0 Å². The molecule has 0 atom stereocenters. The summed E-state index contributed by atoms with van der Waals surface area (Å²) in [6.45, 7) is -0.438. The fraction of sp³-hybridized carbons (Fsp3) is 0.0476. The quantitative estimate of drug-likeness (QED) is 0.360. The molecule has 0 radical (unpaired) electrons. The van der Waals surface area contributed by atoms with E-state index in [9.17, 15) is 10.1 Å². The average Bonchev–Trinajstić information content (AvgIpc) is 2.64. The van der Waals surface area contributed by atoms with E-state index in [1.54, 1.807) is 18.2 Å². The molecule has 0 aliphatic heterocycles. The zero-order valence-electron chi connectivity index (χ0n) is 13.9. The van der Waals surface area contributed by atoms with E-state index < -0.39 is 12.6 Å². The first-order valence-electron chi connectivity index (χ1n) is 7.92. The van der Waals surface area contributed by atoms with Gasteiger partial charge in [0, 0.05) is 0 Å². The van der Waals surface area contributed by atoms with E-state index in [2.05, 4.69) is 37.9 Å². The van der Waals surface area contributed by atoms with E-state index in [4.69, 9.17) is 9.84 Å². The first kappa shape index (κ1) is 19.2. The summed E-state index contributed by atoms with van der Waals surface area (Å²) in [6.07, 6.45) is 1.78. The van der Waals surface area contributed by atoms with Gasteiger partial charge in [0.15, 0.2) is 6.61 Å². The van der Waals surface area contributed by atoms with Crippen molar-refractivity contribution in [2.75, 3.05) is 6.61 Å². The molecule has 27 heavy (non-hydrogen) atoms. The number of benzene rings is 3. The molecule has 0 aliphatic carbocycles. The molecule has 4 nitrogen and oxygen atoms in total. The Labute approximate surface area is 173 Å². The van der Waals surface area contributed by atoms with Gasteiger partial charge in [0.1, 0.15) is 5.75 Å². The molecular weight excluding hydrogens is 474 g/mol. The molecule has 0 amide bonds. The van der Waals surface area contributed by atoms with Crippen LogP contribution >= 0.6 is 31.9 Å². The van der Waals surface area contributed by atoms with Crippen molar-refractivity contribution in [2.45, 2.75) is 0 Å². The number of allylic oxidation sites excluding steroid dienone is 1. The van der Waals surface area contributed by atoms with Crippen molar-refractivity contribution in [1.82, 2.24) is 0 Å². The van der Waals surface area contributed by atoms with Crippen LogP contribution in [0.4, 0.5) is 0 Å². The van der Waals surface area contributed by atoms with Crippen LogP contribution in [-0.2, 0) is 4.79 Å². The van der Waals surface area contributed by atoms with E-state index in [1.807, 2.05) is 42.5 Å². The largest absolute Gasteiger partial charge is 0.480 e. The molecule has 0 spiro atoms. The number of hydrogen-bond acceptors (Lipinski definition) is 3. The molecule has 3 aromatic rings. The van der Waals surface area contributed by atoms with Gasteiger partial charge in [-0.05, 0) is 78.0 Å². The first-order chi connectivity index (χ1) is 13.0. The van der Waals surface area contributed by atoms with Crippen LogP contribution in [0.15, 0.2) is 63.5 Å². The number of rotatable bonds is 5. The number of halogens is 2. The molecule has 0 aromatic heterocycles. The van der Waals surface area contributed by atoms with Crippen LogP contribution in [0.2, 0.25) is 0 Å². The Hall–Kier alpha value is -2.62. The average molecular weight is 487 g/mol. The smallest absolute Gasteiger partial charge is 0.341 e. The first-order valence-corrected chi connectivity index (χ1v) is 9.51. The van der Waals surface area contributed by atoms with Crippen LogP contribution in [0.3, 0.4) is 0 Å². The lowest BCUT2D eigenvalue weighted by Crippen LogP contribution is -2.10. The maximum atomic E-state index is 10.7. The molecule has 0 heterocycles. The zero-order valence-corrected chi connectivity index (χ0v) is 17.1. The second-order valence-electron chi connectivity index (χ2n) is 5.73. The molecule has 0 aliphatic rings. The molecule has 0 bridgehead atoms. The third kappa shape index (κ3) is 4.57. The molecule has 6 heteroatoms. The van der Waals surface area contributed by atoms with Crippen LogP contribution in [0.1, 0.15) is 11.1 Å².